The lowest BCUT2D eigenvalue weighted by molar-refractivity contribution is 0.0943. The van der Waals surface area contributed by atoms with Gasteiger partial charge in [0, 0.05) is 31.0 Å². The summed E-state index contributed by atoms with van der Waals surface area (Å²) in [5, 5.41) is 2.85. The Labute approximate surface area is 102 Å². The summed E-state index contributed by atoms with van der Waals surface area (Å²) in [6.07, 6.45) is 0.820. The van der Waals surface area contributed by atoms with E-state index >= 15 is 0 Å². The number of nitrogens with one attached hydrogen (secondary N) is 1. The van der Waals surface area contributed by atoms with Gasteiger partial charge in [-0.2, -0.15) is 0 Å². The highest BCUT2D eigenvalue weighted by Crippen LogP contribution is 2.12. The third-order valence-corrected chi connectivity index (χ3v) is 2.46. The lowest BCUT2D eigenvalue weighted by Gasteiger charge is -2.08. The Bertz CT molecular complexity index is 378. The number of nitrogen functional groups attached to an aromatic ring is 1. The molecule has 0 saturated carbocycles. The fourth-order valence-electron chi connectivity index (χ4n) is 1.50. The minimum absolute atomic E-state index is 0.0775. The first-order valence-corrected chi connectivity index (χ1v) is 5.87. The van der Waals surface area contributed by atoms with E-state index in [2.05, 4.69) is 5.32 Å². The van der Waals surface area contributed by atoms with E-state index in [4.69, 9.17) is 10.5 Å². The zero-order chi connectivity index (χ0) is 12.7. The van der Waals surface area contributed by atoms with E-state index in [1.165, 1.54) is 0 Å². The summed E-state index contributed by atoms with van der Waals surface area (Å²) in [7, 11) is 0. The molecule has 0 spiro atoms. The molecular formula is C13H20N2O2. The normalized spacial score (nSPS) is 10.2. The Hall–Kier alpha value is -1.55. The van der Waals surface area contributed by atoms with Crippen molar-refractivity contribution >= 4 is 11.6 Å². The number of nitrogens with two attached hydrogens (primary N) is 1. The summed E-state index contributed by atoms with van der Waals surface area (Å²) < 4.78 is 5.19. The Kier molecular flexibility index (Phi) is 5.49. The molecule has 0 aromatic heterocycles. The number of ether oxygens (including phenoxy) is 1. The molecule has 0 unspecified atom stereocenters. The van der Waals surface area contributed by atoms with Crippen LogP contribution in [0.15, 0.2) is 18.2 Å². The standard InChI is InChI=1S/C13H20N2O2/c1-3-17-8-4-7-15-13(16)12-9-11(14)6-5-10(12)2/h5-6,9H,3-4,7-8,14H2,1-2H3,(H,15,16). The Morgan fingerprint density at radius 3 is 2.94 bits per heavy atom. The molecule has 94 valence electrons. The molecular weight excluding hydrogens is 216 g/mol. The number of carbonyl (C=O) groups is 1. The highest BCUT2D eigenvalue weighted by atomic mass is 16.5. The van der Waals surface area contributed by atoms with Crippen molar-refractivity contribution in [3.63, 3.8) is 0 Å². The van der Waals surface area contributed by atoms with Gasteiger partial charge in [-0.05, 0) is 38.0 Å². The minimum Gasteiger partial charge on any atom is -0.399 e. The van der Waals surface area contributed by atoms with Crippen LogP contribution in [-0.4, -0.2) is 25.7 Å². The summed E-state index contributed by atoms with van der Waals surface area (Å²) >= 11 is 0. The summed E-state index contributed by atoms with van der Waals surface area (Å²) in [4.78, 5) is 11.8. The lowest BCUT2D eigenvalue weighted by atomic mass is 10.1. The van der Waals surface area contributed by atoms with Crippen LogP contribution in [0.2, 0.25) is 0 Å². The second-order valence-electron chi connectivity index (χ2n) is 3.88. The van der Waals surface area contributed by atoms with Crippen LogP contribution in [0.25, 0.3) is 0 Å². The number of aryl methyl sites for hydroxylation is 1. The molecule has 0 fully saturated rings. The van der Waals surface area contributed by atoms with Crippen LogP contribution in [0.5, 0.6) is 0 Å². The fourth-order valence-corrected chi connectivity index (χ4v) is 1.50. The van der Waals surface area contributed by atoms with Gasteiger partial charge in [-0.1, -0.05) is 6.07 Å². The minimum atomic E-state index is -0.0775. The van der Waals surface area contributed by atoms with Crippen LogP contribution < -0.4 is 11.1 Å². The van der Waals surface area contributed by atoms with Gasteiger partial charge in [0.1, 0.15) is 0 Å². The summed E-state index contributed by atoms with van der Waals surface area (Å²) in [5.74, 6) is -0.0775. The molecule has 0 saturated heterocycles. The van der Waals surface area contributed by atoms with E-state index in [1.807, 2.05) is 19.9 Å². The van der Waals surface area contributed by atoms with Crippen LogP contribution in [0, 0.1) is 6.92 Å². The highest BCUT2D eigenvalue weighted by molar-refractivity contribution is 5.96. The first kappa shape index (κ1) is 13.5. The van der Waals surface area contributed by atoms with E-state index in [0.717, 1.165) is 12.0 Å². The number of amides is 1. The number of benzene rings is 1. The number of rotatable bonds is 6. The molecule has 0 aliphatic rings. The predicted octanol–water partition coefficient (Wildman–Crippen LogP) is 1.73. The van der Waals surface area contributed by atoms with Crippen LogP contribution in [0.1, 0.15) is 29.3 Å². The molecule has 1 aromatic rings. The Balaban J connectivity index is 2.44. The molecule has 0 aliphatic carbocycles. The van der Waals surface area contributed by atoms with Crippen molar-refractivity contribution in [1.29, 1.82) is 0 Å². The van der Waals surface area contributed by atoms with Crippen LogP contribution in [-0.2, 0) is 4.74 Å². The van der Waals surface area contributed by atoms with E-state index < -0.39 is 0 Å². The van der Waals surface area contributed by atoms with E-state index in [1.54, 1.807) is 12.1 Å². The zero-order valence-electron chi connectivity index (χ0n) is 10.5. The largest absolute Gasteiger partial charge is 0.399 e. The van der Waals surface area contributed by atoms with Crippen molar-refractivity contribution < 1.29 is 9.53 Å². The molecule has 3 N–H and O–H groups in total. The Morgan fingerprint density at radius 1 is 1.47 bits per heavy atom. The zero-order valence-corrected chi connectivity index (χ0v) is 10.5. The van der Waals surface area contributed by atoms with E-state index in [9.17, 15) is 4.79 Å². The molecule has 0 aliphatic heterocycles. The number of carbonyl (C=O) groups excluding carboxylic acids is 1. The number of anilines is 1. The third kappa shape index (κ3) is 4.44. The third-order valence-electron chi connectivity index (χ3n) is 2.46. The molecule has 0 atom stereocenters. The first-order valence-electron chi connectivity index (χ1n) is 5.87. The topological polar surface area (TPSA) is 64.3 Å². The van der Waals surface area contributed by atoms with E-state index in [0.29, 0.717) is 31.0 Å². The SMILES string of the molecule is CCOCCCNC(=O)c1cc(N)ccc1C. The van der Waals surface area contributed by atoms with Gasteiger partial charge in [0.05, 0.1) is 0 Å². The van der Waals surface area contributed by atoms with Gasteiger partial charge in [-0.3, -0.25) is 4.79 Å². The molecule has 4 heteroatoms. The van der Waals surface area contributed by atoms with Crippen molar-refractivity contribution in [1.82, 2.24) is 5.32 Å². The van der Waals surface area contributed by atoms with Crippen molar-refractivity contribution in [3.8, 4) is 0 Å². The van der Waals surface area contributed by atoms with Gasteiger partial charge in [0.2, 0.25) is 0 Å². The average Bonchev–Trinajstić information content (AvgIpc) is 2.32. The van der Waals surface area contributed by atoms with E-state index in [-0.39, 0.29) is 5.91 Å². The van der Waals surface area contributed by atoms with Gasteiger partial charge in [-0.25, -0.2) is 0 Å². The highest BCUT2D eigenvalue weighted by Gasteiger charge is 2.08. The second kappa shape index (κ2) is 6.91. The summed E-state index contributed by atoms with van der Waals surface area (Å²) in [5.41, 5.74) is 7.84. The molecule has 1 rings (SSSR count). The van der Waals surface area contributed by atoms with Gasteiger partial charge in [0.25, 0.3) is 5.91 Å². The molecule has 1 aromatic carbocycles. The van der Waals surface area contributed by atoms with Gasteiger partial charge >= 0.3 is 0 Å². The maximum Gasteiger partial charge on any atom is 0.251 e. The maximum absolute atomic E-state index is 11.8. The molecule has 4 nitrogen and oxygen atoms in total. The van der Waals surface area contributed by atoms with Crippen LogP contribution in [0.3, 0.4) is 0 Å². The van der Waals surface area contributed by atoms with Gasteiger partial charge in [0.15, 0.2) is 0 Å². The van der Waals surface area contributed by atoms with Crippen molar-refractivity contribution in [2.45, 2.75) is 20.3 Å². The molecule has 17 heavy (non-hydrogen) atoms. The summed E-state index contributed by atoms with van der Waals surface area (Å²) in [6.45, 7) is 5.85. The maximum atomic E-state index is 11.8. The smallest absolute Gasteiger partial charge is 0.251 e. The Morgan fingerprint density at radius 2 is 2.24 bits per heavy atom. The monoisotopic (exact) mass is 236 g/mol. The first-order chi connectivity index (χ1) is 8.15. The number of hydrogen-bond acceptors (Lipinski definition) is 3. The van der Waals surface area contributed by atoms with Gasteiger partial charge < -0.3 is 15.8 Å². The quantitative estimate of drug-likeness (QED) is 0.584. The van der Waals surface area contributed by atoms with Crippen molar-refractivity contribution in [2.24, 2.45) is 0 Å². The average molecular weight is 236 g/mol. The number of hydrogen-bond donors (Lipinski definition) is 2. The summed E-state index contributed by atoms with van der Waals surface area (Å²) in [6, 6.07) is 5.35. The van der Waals surface area contributed by atoms with Gasteiger partial charge in [-0.15, -0.1) is 0 Å². The van der Waals surface area contributed by atoms with Crippen molar-refractivity contribution in [3.05, 3.63) is 29.3 Å². The molecule has 0 heterocycles. The molecule has 0 bridgehead atoms. The molecule has 1 amide bonds. The van der Waals surface area contributed by atoms with Crippen LogP contribution >= 0.6 is 0 Å². The fraction of sp³-hybridized carbons (Fsp3) is 0.462. The van der Waals surface area contributed by atoms with Crippen molar-refractivity contribution in [2.75, 3.05) is 25.5 Å². The lowest BCUT2D eigenvalue weighted by Crippen LogP contribution is -2.26. The van der Waals surface area contributed by atoms with Crippen LogP contribution in [0.4, 0.5) is 5.69 Å². The molecule has 0 radical (unpaired) electrons. The predicted molar refractivity (Wildman–Crippen MR) is 69.0 cm³/mol. The second-order valence-corrected chi connectivity index (χ2v) is 3.88.